The van der Waals surface area contributed by atoms with Crippen molar-refractivity contribution >= 4 is 27.3 Å². The van der Waals surface area contributed by atoms with Crippen molar-refractivity contribution in [3.8, 4) is 0 Å². The number of rotatable bonds is 4. The van der Waals surface area contributed by atoms with Crippen LogP contribution in [0.25, 0.3) is 0 Å². The van der Waals surface area contributed by atoms with Gasteiger partial charge in [0.1, 0.15) is 0 Å². The van der Waals surface area contributed by atoms with Gasteiger partial charge in [0, 0.05) is 27.3 Å². The summed E-state index contributed by atoms with van der Waals surface area (Å²) in [5.41, 5.74) is -0.487. The molecule has 4 heteroatoms. The van der Waals surface area contributed by atoms with Crippen LogP contribution in [-0.2, 0) is 0 Å². The molecule has 0 spiro atoms. The predicted molar refractivity (Wildman–Crippen MR) is 81.1 cm³/mol. The zero-order valence-corrected chi connectivity index (χ0v) is 13.3. The monoisotopic (exact) mass is 331 g/mol. The van der Waals surface area contributed by atoms with Crippen LogP contribution >= 0.6 is 27.3 Å². The Bertz CT molecular complexity index is 372. The Morgan fingerprint density at radius 2 is 2.06 bits per heavy atom. The van der Waals surface area contributed by atoms with Gasteiger partial charge in [0.2, 0.25) is 0 Å². The molecule has 1 saturated carbocycles. The van der Waals surface area contributed by atoms with Gasteiger partial charge in [-0.2, -0.15) is 0 Å². The lowest BCUT2D eigenvalue weighted by molar-refractivity contribution is 0.0232. The van der Waals surface area contributed by atoms with Gasteiger partial charge >= 0.3 is 0 Å². The maximum atomic E-state index is 10.6. The molecule has 1 aromatic heterocycles. The topological polar surface area (TPSA) is 32.3 Å². The van der Waals surface area contributed by atoms with Crippen LogP contribution in [0.5, 0.6) is 0 Å². The first-order valence-electron chi connectivity index (χ1n) is 6.79. The molecule has 18 heavy (non-hydrogen) atoms. The molecular formula is C14H22BrNOS. The minimum Gasteiger partial charge on any atom is -0.389 e. The summed E-state index contributed by atoms with van der Waals surface area (Å²) in [7, 11) is 0. The SMILES string of the molecule is CC(NCC1(O)CCCCCC1)c1cc(Br)cs1. The van der Waals surface area contributed by atoms with Crippen LogP contribution in [0.1, 0.15) is 56.4 Å². The van der Waals surface area contributed by atoms with Gasteiger partial charge in [0.25, 0.3) is 0 Å². The van der Waals surface area contributed by atoms with Gasteiger partial charge in [-0.15, -0.1) is 11.3 Å². The molecule has 0 amide bonds. The largest absolute Gasteiger partial charge is 0.389 e. The highest BCUT2D eigenvalue weighted by Crippen LogP contribution is 2.29. The fraction of sp³-hybridized carbons (Fsp3) is 0.714. The molecule has 0 aliphatic heterocycles. The lowest BCUT2D eigenvalue weighted by Crippen LogP contribution is -2.40. The van der Waals surface area contributed by atoms with Crippen LogP contribution in [0.2, 0.25) is 0 Å². The second-order valence-electron chi connectivity index (χ2n) is 5.41. The Labute approximate surface area is 122 Å². The molecule has 1 aromatic rings. The Balaban J connectivity index is 1.86. The zero-order chi connectivity index (χ0) is 13.0. The summed E-state index contributed by atoms with van der Waals surface area (Å²) >= 11 is 5.24. The van der Waals surface area contributed by atoms with Gasteiger partial charge in [-0.3, -0.25) is 0 Å². The Kier molecular flexibility index (Phi) is 5.24. The van der Waals surface area contributed by atoms with E-state index in [2.05, 4.69) is 39.6 Å². The third kappa shape index (κ3) is 4.05. The highest BCUT2D eigenvalue weighted by molar-refractivity contribution is 9.10. The number of halogens is 1. The summed E-state index contributed by atoms with van der Waals surface area (Å²) in [6.45, 7) is 2.88. The van der Waals surface area contributed by atoms with Crippen LogP contribution in [0.4, 0.5) is 0 Å². The number of aliphatic hydroxyl groups is 1. The van der Waals surface area contributed by atoms with E-state index in [-0.39, 0.29) is 0 Å². The molecule has 102 valence electrons. The summed E-state index contributed by atoms with van der Waals surface area (Å²) in [6.07, 6.45) is 6.77. The van der Waals surface area contributed by atoms with Gasteiger partial charge in [0.15, 0.2) is 0 Å². The molecule has 0 saturated heterocycles. The first-order valence-corrected chi connectivity index (χ1v) is 8.46. The maximum absolute atomic E-state index is 10.6. The van der Waals surface area contributed by atoms with E-state index < -0.39 is 5.60 Å². The molecule has 1 aliphatic carbocycles. The van der Waals surface area contributed by atoms with Crippen molar-refractivity contribution in [2.75, 3.05) is 6.54 Å². The molecule has 2 rings (SSSR count). The smallest absolute Gasteiger partial charge is 0.0771 e. The molecule has 0 radical (unpaired) electrons. The molecule has 1 fully saturated rings. The molecule has 1 aliphatic rings. The number of hydrogen-bond donors (Lipinski definition) is 2. The van der Waals surface area contributed by atoms with Crippen LogP contribution in [0.3, 0.4) is 0 Å². The van der Waals surface area contributed by atoms with E-state index in [1.165, 1.54) is 17.7 Å². The molecular weight excluding hydrogens is 310 g/mol. The van der Waals surface area contributed by atoms with Crippen molar-refractivity contribution in [1.29, 1.82) is 0 Å². The van der Waals surface area contributed by atoms with Crippen molar-refractivity contribution < 1.29 is 5.11 Å². The normalized spacial score (nSPS) is 21.5. The first kappa shape index (κ1) is 14.5. The third-order valence-corrected chi connectivity index (χ3v) is 5.66. The average molecular weight is 332 g/mol. The second kappa shape index (κ2) is 6.51. The van der Waals surface area contributed by atoms with Crippen molar-refractivity contribution in [2.24, 2.45) is 0 Å². The van der Waals surface area contributed by atoms with E-state index in [1.54, 1.807) is 11.3 Å². The number of thiophene rings is 1. The van der Waals surface area contributed by atoms with E-state index >= 15 is 0 Å². The lowest BCUT2D eigenvalue weighted by atomic mass is 9.94. The minimum atomic E-state index is -0.487. The Hall–Kier alpha value is 0.1000. The van der Waals surface area contributed by atoms with E-state index in [9.17, 15) is 5.11 Å². The highest BCUT2D eigenvalue weighted by Gasteiger charge is 2.28. The fourth-order valence-corrected chi connectivity index (χ4v) is 4.04. The van der Waals surface area contributed by atoms with Crippen LogP contribution < -0.4 is 5.32 Å². The summed E-state index contributed by atoms with van der Waals surface area (Å²) < 4.78 is 1.14. The molecule has 2 N–H and O–H groups in total. The van der Waals surface area contributed by atoms with Gasteiger partial charge in [-0.1, -0.05) is 25.7 Å². The van der Waals surface area contributed by atoms with Crippen molar-refractivity contribution in [3.05, 3.63) is 20.8 Å². The zero-order valence-electron chi connectivity index (χ0n) is 10.9. The lowest BCUT2D eigenvalue weighted by Gasteiger charge is -2.28. The van der Waals surface area contributed by atoms with Crippen molar-refractivity contribution in [2.45, 2.75) is 57.1 Å². The van der Waals surface area contributed by atoms with Gasteiger partial charge in [0.05, 0.1) is 5.60 Å². The average Bonchev–Trinajstić information content (AvgIpc) is 2.66. The molecule has 2 nitrogen and oxygen atoms in total. The van der Waals surface area contributed by atoms with Crippen LogP contribution in [0, 0.1) is 0 Å². The molecule has 0 aromatic carbocycles. The minimum absolute atomic E-state index is 0.313. The standard InChI is InChI=1S/C14H22BrNOS/c1-11(13-8-12(15)9-18-13)16-10-14(17)6-4-2-3-5-7-14/h8-9,11,16-17H,2-7,10H2,1H3. The number of nitrogens with one attached hydrogen (secondary N) is 1. The molecule has 1 heterocycles. The van der Waals surface area contributed by atoms with Gasteiger partial charge in [-0.25, -0.2) is 0 Å². The number of hydrogen-bond acceptors (Lipinski definition) is 3. The maximum Gasteiger partial charge on any atom is 0.0771 e. The third-order valence-electron chi connectivity index (χ3n) is 3.79. The Morgan fingerprint density at radius 3 is 2.61 bits per heavy atom. The van der Waals surface area contributed by atoms with E-state index in [1.807, 2.05) is 0 Å². The second-order valence-corrected chi connectivity index (χ2v) is 7.27. The van der Waals surface area contributed by atoms with E-state index in [0.29, 0.717) is 12.6 Å². The van der Waals surface area contributed by atoms with Gasteiger partial charge < -0.3 is 10.4 Å². The summed E-state index contributed by atoms with van der Waals surface area (Å²) in [4.78, 5) is 1.32. The summed E-state index contributed by atoms with van der Waals surface area (Å²) in [5.74, 6) is 0. The fourth-order valence-electron chi connectivity index (χ4n) is 2.56. The first-order chi connectivity index (χ1) is 8.59. The van der Waals surface area contributed by atoms with Crippen molar-refractivity contribution in [3.63, 3.8) is 0 Å². The highest BCUT2D eigenvalue weighted by atomic mass is 79.9. The molecule has 1 unspecified atom stereocenters. The predicted octanol–water partition coefficient (Wildman–Crippen LogP) is 4.25. The van der Waals surface area contributed by atoms with Crippen molar-refractivity contribution in [1.82, 2.24) is 5.32 Å². The van der Waals surface area contributed by atoms with Gasteiger partial charge in [-0.05, 0) is 41.8 Å². The van der Waals surface area contributed by atoms with E-state index in [4.69, 9.17) is 0 Å². The molecule has 0 bridgehead atoms. The summed E-state index contributed by atoms with van der Waals surface area (Å²) in [5, 5.41) is 16.2. The summed E-state index contributed by atoms with van der Waals surface area (Å²) in [6, 6.07) is 2.47. The Morgan fingerprint density at radius 1 is 1.39 bits per heavy atom. The van der Waals surface area contributed by atoms with Crippen LogP contribution in [0.15, 0.2) is 15.9 Å². The molecule has 1 atom stereocenters. The quantitative estimate of drug-likeness (QED) is 0.808. The van der Waals surface area contributed by atoms with E-state index in [0.717, 1.165) is 30.2 Å². The van der Waals surface area contributed by atoms with Crippen LogP contribution in [-0.4, -0.2) is 17.3 Å².